The zero-order valence-electron chi connectivity index (χ0n) is 9.31. The van der Waals surface area contributed by atoms with E-state index in [0.717, 1.165) is 17.7 Å². The van der Waals surface area contributed by atoms with Crippen molar-refractivity contribution in [3.63, 3.8) is 0 Å². The standard InChI is InChI=1S/C12H9Cl2F2NS/c1-17-11(7-5-10(13)18-12(7)14)6-2-3-8(15)9(16)4-6/h2-5,11,17H,1H3. The minimum Gasteiger partial charge on any atom is -0.309 e. The molecule has 0 spiro atoms. The summed E-state index contributed by atoms with van der Waals surface area (Å²) in [4.78, 5) is 0. The monoisotopic (exact) mass is 307 g/mol. The van der Waals surface area contributed by atoms with E-state index in [4.69, 9.17) is 23.2 Å². The molecule has 0 aliphatic heterocycles. The van der Waals surface area contributed by atoms with Crippen molar-refractivity contribution >= 4 is 34.5 Å². The summed E-state index contributed by atoms with van der Waals surface area (Å²) in [7, 11) is 1.72. The molecule has 0 aliphatic carbocycles. The summed E-state index contributed by atoms with van der Waals surface area (Å²) in [6, 6.07) is 5.16. The number of thiophene rings is 1. The lowest BCUT2D eigenvalue weighted by atomic mass is 10.0. The van der Waals surface area contributed by atoms with Crippen LogP contribution in [0.3, 0.4) is 0 Å². The highest BCUT2D eigenvalue weighted by Crippen LogP contribution is 2.37. The van der Waals surface area contributed by atoms with E-state index < -0.39 is 11.6 Å². The van der Waals surface area contributed by atoms with Gasteiger partial charge in [-0.1, -0.05) is 29.3 Å². The maximum Gasteiger partial charge on any atom is 0.159 e. The van der Waals surface area contributed by atoms with Crippen molar-refractivity contribution in [1.29, 1.82) is 0 Å². The van der Waals surface area contributed by atoms with Gasteiger partial charge in [-0.2, -0.15) is 0 Å². The summed E-state index contributed by atoms with van der Waals surface area (Å²) >= 11 is 13.2. The largest absolute Gasteiger partial charge is 0.309 e. The number of rotatable bonds is 3. The first kappa shape index (κ1) is 13.7. The van der Waals surface area contributed by atoms with E-state index in [1.807, 2.05) is 0 Å². The molecule has 0 saturated heterocycles. The van der Waals surface area contributed by atoms with Crippen LogP contribution in [0.1, 0.15) is 17.2 Å². The van der Waals surface area contributed by atoms with Gasteiger partial charge in [-0.05, 0) is 30.8 Å². The van der Waals surface area contributed by atoms with Crippen molar-refractivity contribution in [1.82, 2.24) is 5.32 Å². The van der Waals surface area contributed by atoms with Gasteiger partial charge >= 0.3 is 0 Å². The maximum absolute atomic E-state index is 13.2. The Morgan fingerprint density at radius 2 is 1.89 bits per heavy atom. The van der Waals surface area contributed by atoms with E-state index in [1.165, 1.54) is 17.4 Å². The lowest BCUT2D eigenvalue weighted by Crippen LogP contribution is -2.17. The molecule has 1 aromatic heterocycles. The molecule has 1 atom stereocenters. The highest BCUT2D eigenvalue weighted by atomic mass is 35.5. The average molecular weight is 308 g/mol. The molecule has 1 N–H and O–H groups in total. The van der Waals surface area contributed by atoms with E-state index >= 15 is 0 Å². The topological polar surface area (TPSA) is 12.0 Å². The molecular formula is C12H9Cl2F2NS. The summed E-state index contributed by atoms with van der Waals surface area (Å²) in [6.07, 6.45) is 0. The first-order valence-electron chi connectivity index (χ1n) is 5.10. The van der Waals surface area contributed by atoms with Crippen molar-refractivity contribution < 1.29 is 8.78 Å². The molecule has 0 saturated carbocycles. The highest BCUT2D eigenvalue weighted by molar-refractivity contribution is 7.20. The molecule has 96 valence electrons. The van der Waals surface area contributed by atoms with Crippen molar-refractivity contribution in [3.05, 3.63) is 55.7 Å². The average Bonchev–Trinajstić information content (AvgIpc) is 2.64. The first-order valence-corrected chi connectivity index (χ1v) is 6.67. The molecule has 1 unspecified atom stereocenters. The lowest BCUT2D eigenvalue weighted by molar-refractivity contribution is 0.505. The van der Waals surface area contributed by atoms with Crippen LogP contribution in [0.2, 0.25) is 8.67 Å². The Kier molecular flexibility index (Phi) is 4.22. The van der Waals surface area contributed by atoms with Gasteiger partial charge in [0.25, 0.3) is 0 Å². The minimum atomic E-state index is -0.884. The summed E-state index contributed by atoms with van der Waals surface area (Å²) in [5.74, 6) is -1.76. The van der Waals surface area contributed by atoms with Crippen LogP contribution in [-0.2, 0) is 0 Å². The third-order valence-electron chi connectivity index (χ3n) is 2.56. The fraction of sp³-hybridized carbons (Fsp3) is 0.167. The molecule has 0 bridgehead atoms. The van der Waals surface area contributed by atoms with Gasteiger partial charge in [0.2, 0.25) is 0 Å². The lowest BCUT2D eigenvalue weighted by Gasteiger charge is -2.16. The predicted molar refractivity (Wildman–Crippen MR) is 71.6 cm³/mol. The van der Waals surface area contributed by atoms with Gasteiger partial charge in [-0.15, -0.1) is 11.3 Å². The van der Waals surface area contributed by atoms with Crippen LogP contribution in [0.5, 0.6) is 0 Å². The SMILES string of the molecule is CNC(c1ccc(F)c(F)c1)c1cc(Cl)sc1Cl. The van der Waals surface area contributed by atoms with Gasteiger partial charge in [0.15, 0.2) is 11.6 Å². The van der Waals surface area contributed by atoms with Gasteiger partial charge in [0.1, 0.15) is 0 Å². The zero-order valence-corrected chi connectivity index (χ0v) is 11.6. The number of hydrogen-bond donors (Lipinski definition) is 1. The molecule has 0 radical (unpaired) electrons. The number of hydrogen-bond acceptors (Lipinski definition) is 2. The Labute approximate surface area is 117 Å². The van der Waals surface area contributed by atoms with E-state index in [1.54, 1.807) is 13.1 Å². The van der Waals surface area contributed by atoms with Gasteiger partial charge in [0.05, 0.1) is 14.7 Å². The number of benzene rings is 1. The normalized spacial score (nSPS) is 12.7. The Bertz CT molecular complexity index is 571. The van der Waals surface area contributed by atoms with E-state index in [0.29, 0.717) is 14.2 Å². The molecule has 0 amide bonds. The van der Waals surface area contributed by atoms with Crippen LogP contribution in [-0.4, -0.2) is 7.05 Å². The van der Waals surface area contributed by atoms with Gasteiger partial charge in [0, 0.05) is 5.56 Å². The van der Waals surface area contributed by atoms with E-state index in [-0.39, 0.29) is 6.04 Å². The second-order valence-electron chi connectivity index (χ2n) is 3.67. The van der Waals surface area contributed by atoms with Crippen molar-refractivity contribution in [3.8, 4) is 0 Å². The van der Waals surface area contributed by atoms with Crippen LogP contribution < -0.4 is 5.32 Å². The third-order valence-corrected chi connectivity index (χ3v) is 4.08. The Morgan fingerprint density at radius 1 is 1.17 bits per heavy atom. The minimum absolute atomic E-state index is 0.323. The molecule has 1 heterocycles. The fourth-order valence-corrected chi connectivity index (χ4v) is 3.28. The third kappa shape index (κ3) is 2.67. The smallest absolute Gasteiger partial charge is 0.159 e. The van der Waals surface area contributed by atoms with Crippen LogP contribution in [0, 0.1) is 11.6 Å². The highest BCUT2D eigenvalue weighted by Gasteiger charge is 2.19. The van der Waals surface area contributed by atoms with Crippen LogP contribution in [0.25, 0.3) is 0 Å². The number of nitrogens with one attached hydrogen (secondary N) is 1. The fourth-order valence-electron chi connectivity index (χ4n) is 1.74. The van der Waals surface area contributed by atoms with Crippen molar-refractivity contribution in [2.24, 2.45) is 0 Å². The van der Waals surface area contributed by atoms with E-state index in [2.05, 4.69) is 5.32 Å². The van der Waals surface area contributed by atoms with Gasteiger partial charge in [-0.25, -0.2) is 8.78 Å². The summed E-state index contributed by atoms with van der Waals surface area (Å²) in [5, 5.41) is 3.01. The van der Waals surface area contributed by atoms with Crippen LogP contribution in [0.15, 0.2) is 24.3 Å². The summed E-state index contributed by atoms with van der Waals surface area (Å²) < 4.78 is 27.2. The quantitative estimate of drug-likeness (QED) is 0.871. The summed E-state index contributed by atoms with van der Waals surface area (Å²) in [5.41, 5.74) is 1.34. The molecular weight excluding hydrogens is 299 g/mol. The van der Waals surface area contributed by atoms with Crippen LogP contribution >= 0.6 is 34.5 Å². The first-order chi connectivity index (χ1) is 8.52. The maximum atomic E-state index is 13.2. The Hall–Kier alpha value is -0.680. The molecule has 18 heavy (non-hydrogen) atoms. The molecule has 6 heteroatoms. The Morgan fingerprint density at radius 3 is 2.39 bits per heavy atom. The predicted octanol–water partition coefficient (Wildman–Crippen LogP) is 4.64. The molecule has 2 aromatic rings. The molecule has 1 nitrogen and oxygen atoms in total. The van der Waals surface area contributed by atoms with E-state index in [9.17, 15) is 8.78 Å². The van der Waals surface area contributed by atoms with Gasteiger partial charge in [-0.3, -0.25) is 0 Å². The second kappa shape index (κ2) is 5.53. The molecule has 0 fully saturated rings. The zero-order chi connectivity index (χ0) is 13.3. The Balaban J connectivity index is 2.45. The van der Waals surface area contributed by atoms with Crippen LogP contribution in [0.4, 0.5) is 8.78 Å². The summed E-state index contributed by atoms with van der Waals surface area (Å²) in [6.45, 7) is 0. The second-order valence-corrected chi connectivity index (χ2v) is 5.96. The molecule has 1 aromatic carbocycles. The van der Waals surface area contributed by atoms with Crippen molar-refractivity contribution in [2.75, 3.05) is 7.05 Å². The number of halogens is 4. The molecule has 0 aliphatic rings. The van der Waals surface area contributed by atoms with Crippen molar-refractivity contribution in [2.45, 2.75) is 6.04 Å². The molecule has 2 rings (SSSR count). The van der Waals surface area contributed by atoms with Gasteiger partial charge < -0.3 is 5.32 Å².